The van der Waals surface area contributed by atoms with E-state index < -0.39 is 0 Å². The van der Waals surface area contributed by atoms with Crippen molar-refractivity contribution in [3.8, 4) is 0 Å². The molecule has 0 atom stereocenters. The Kier molecular flexibility index (Phi) is 5.63. The maximum Gasteiger partial charge on any atom is 0.153 e. The molecule has 2 aromatic rings. The Labute approximate surface area is 140 Å². The number of rotatable bonds is 6. The van der Waals surface area contributed by atoms with Crippen LogP contribution in [0, 0.1) is 0 Å². The summed E-state index contributed by atoms with van der Waals surface area (Å²) in [5, 5.41) is 18.1. The van der Waals surface area contributed by atoms with Crippen molar-refractivity contribution in [3.05, 3.63) is 41.9 Å². The molecule has 0 saturated carbocycles. The zero-order valence-electron chi connectivity index (χ0n) is 13.5. The molecule has 0 amide bonds. The van der Waals surface area contributed by atoms with Crippen molar-refractivity contribution >= 4 is 5.82 Å². The Bertz CT molecular complexity index is 661. The number of aliphatic hydroxyl groups excluding tert-OH is 2. The number of piperazine rings is 1. The van der Waals surface area contributed by atoms with Crippen LogP contribution in [0.2, 0.25) is 0 Å². The van der Waals surface area contributed by atoms with Crippen LogP contribution < -0.4 is 4.90 Å². The third-order valence-corrected chi connectivity index (χ3v) is 4.01. The van der Waals surface area contributed by atoms with E-state index in [-0.39, 0.29) is 13.2 Å². The van der Waals surface area contributed by atoms with Crippen LogP contribution in [0.3, 0.4) is 0 Å². The van der Waals surface area contributed by atoms with Crippen LogP contribution in [0.4, 0.5) is 5.82 Å². The Morgan fingerprint density at radius 3 is 2.42 bits per heavy atom. The number of nitrogens with zero attached hydrogens (tertiary/aromatic N) is 6. The highest BCUT2D eigenvalue weighted by atomic mass is 16.3. The maximum atomic E-state index is 9.12. The highest BCUT2D eigenvalue weighted by molar-refractivity contribution is 5.38. The van der Waals surface area contributed by atoms with Gasteiger partial charge in [0.2, 0.25) is 0 Å². The van der Waals surface area contributed by atoms with Crippen molar-refractivity contribution in [2.75, 3.05) is 37.7 Å². The van der Waals surface area contributed by atoms with Gasteiger partial charge in [-0.1, -0.05) is 0 Å². The van der Waals surface area contributed by atoms with Crippen LogP contribution in [0.5, 0.6) is 0 Å². The molecule has 1 aliphatic heterocycles. The number of aliphatic hydroxyl groups is 2. The summed E-state index contributed by atoms with van der Waals surface area (Å²) in [7, 11) is 0. The summed E-state index contributed by atoms with van der Waals surface area (Å²) < 4.78 is 0. The summed E-state index contributed by atoms with van der Waals surface area (Å²) in [4.78, 5) is 21.6. The standard InChI is InChI=1S/C16H22N6O2/c23-10-3-14-17-5-2-16(20-14)22-8-6-21(7-9-22)11-13-1-4-18-15(12-24)19-13/h1-2,4-5,23-24H,3,6-12H2. The van der Waals surface area contributed by atoms with Crippen molar-refractivity contribution in [2.24, 2.45) is 0 Å². The average Bonchev–Trinajstić information content (AvgIpc) is 2.63. The van der Waals surface area contributed by atoms with Crippen molar-refractivity contribution in [1.82, 2.24) is 24.8 Å². The van der Waals surface area contributed by atoms with E-state index in [2.05, 4.69) is 29.7 Å². The highest BCUT2D eigenvalue weighted by Crippen LogP contribution is 2.14. The lowest BCUT2D eigenvalue weighted by Gasteiger charge is -2.35. The molecule has 1 fully saturated rings. The van der Waals surface area contributed by atoms with Gasteiger partial charge in [-0.3, -0.25) is 4.90 Å². The number of hydrogen-bond acceptors (Lipinski definition) is 8. The van der Waals surface area contributed by atoms with Gasteiger partial charge in [0.1, 0.15) is 18.2 Å². The number of aromatic nitrogens is 4. The van der Waals surface area contributed by atoms with Gasteiger partial charge in [0, 0.05) is 51.5 Å². The monoisotopic (exact) mass is 330 g/mol. The van der Waals surface area contributed by atoms with Gasteiger partial charge in [-0.2, -0.15) is 0 Å². The fraction of sp³-hybridized carbons (Fsp3) is 0.500. The van der Waals surface area contributed by atoms with Crippen LogP contribution in [0.25, 0.3) is 0 Å². The zero-order valence-corrected chi connectivity index (χ0v) is 13.5. The Morgan fingerprint density at radius 1 is 0.917 bits per heavy atom. The quantitative estimate of drug-likeness (QED) is 0.739. The molecule has 0 spiro atoms. The van der Waals surface area contributed by atoms with Crippen molar-refractivity contribution in [2.45, 2.75) is 19.6 Å². The molecule has 8 heteroatoms. The lowest BCUT2D eigenvalue weighted by molar-refractivity contribution is 0.243. The predicted octanol–water partition coefficient (Wildman–Crippen LogP) is -0.384. The van der Waals surface area contributed by atoms with E-state index in [0.717, 1.165) is 44.2 Å². The van der Waals surface area contributed by atoms with Gasteiger partial charge in [-0.15, -0.1) is 0 Å². The smallest absolute Gasteiger partial charge is 0.153 e. The van der Waals surface area contributed by atoms with Crippen molar-refractivity contribution < 1.29 is 10.2 Å². The minimum atomic E-state index is -0.133. The molecule has 2 N–H and O–H groups in total. The van der Waals surface area contributed by atoms with Crippen LogP contribution in [-0.4, -0.2) is 67.8 Å². The number of hydrogen-bond donors (Lipinski definition) is 2. The van der Waals surface area contributed by atoms with Gasteiger partial charge in [0.15, 0.2) is 5.82 Å². The summed E-state index contributed by atoms with van der Waals surface area (Å²) in [6, 6.07) is 3.80. The predicted molar refractivity (Wildman–Crippen MR) is 88.3 cm³/mol. The molecule has 2 aromatic heterocycles. The lowest BCUT2D eigenvalue weighted by atomic mass is 10.2. The summed E-state index contributed by atoms with van der Waals surface area (Å²) >= 11 is 0. The third-order valence-electron chi connectivity index (χ3n) is 4.01. The first-order valence-electron chi connectivity index (χ1n) is 8.10. The Hall–Kier alpha value is -2.16. The molecule has 1 saturated heterocycles. The van der Waals surface area contributed by atoms with E-state index in [4.69, 9.17) is 10.2 Å². The molecule has 0 bridgehead atoms. The molecule has 3 rings (SSSR count). The molecular weight excluding hydrogens is 308 g/mol. The molecule has 0 radical (unpaired) electrons. The van der Waals surface area contributed by atoms with E-state index in [0.29, 0.717) is 18.1 Å². The van der Waals surface area contributed by atoms with Gasteiger partial charge < -0.3 is 15.1 Å². The second kappa shape index (κ2) is 8.09. The van der Waals surface area contributed by atoms with Crippen molar-refractivity contribution in [3.63, 3.8) is 0 Å². The van der Waals surface area contributed by atoms with Crippen LogP contribution in [0.15, 0.2) is 24.5 Å². The summed E-state index contributed by atoms with van der Waals surface area (Å²) in [5.41, 5.74) is 0.926. The molecule has 0 unspecified atom stereocenters. The topological polar surface area (TPSA) is 98.5 Å². The molecule has 3 heterocycles. The van der Waals surface area contributed by atoms with Crippen LogP contribution in [0.1, 0.15) is 17.3 Å². The molecule has 1 aliphatic rings. The lowest BCUT2D eigenvalue weighted by Crippen LogP contribution is -2.46. The number of anilines is 1. The molecule has 24 heavy (non-hydrogen) atoms. The summed E-state index contributed by atoms with van der Waals surface area (Å²) in [6.07, 6.45) is 3.92. The minimum Gasteiger partial charge on any atom is -0.396 e. The van der Waals surface area contributed by atoms with E-state index in [1.165, 1.54) is 0 Å². The SMILES string of the molecule is OCCc1nccc(N2CCN(Cc3ccnc(CO)n3)CC2)n1. The zero-order chi connectivity index (χ0) is 16.8. The second-order valence-electron chi connectivity index (χ2n) is 5.69. The van der Waals surface area contributed by atoms with Gasteiger partial charge in [0.05, 0.1) is 12.3 Å². The van der Waals surface area contributed by atoms with Crippen LogP contribution >= 0.6 is 0 Å². The molecule has 128 valence electrons. The Morgan fingerprint density at radius 2 is 1.67 bits per heavy atom. The fourth-order valence-electron chi connectivity index (χ4n) is 2.75. The summed E-state index contributed by atoms with van der Waals surface area (Å²) in [5.74, 6) is 2.05. The van der Waals surface area contributed by atoms with Crippen molar-refractivity contribution in [1.29, 1.82) is 0 Å². The average molecular weight is 330 g/mol. The molecular formula is C16H22N6O2. The van der Waals surface area contributed by atoms with Gasteiger partial charge in [0.25, 0.3) is 0 Å². The van der Waals surface area contributed by atoms with Crippen LogP contribution in [-0.2, 0) is 19.6 Å². The molecule has 8 nitrogen and oxygen atoms in total. The third kappa shape index (κ3) is 4.22. The minimum absolute atomic E-state index is 0.0615. The normalized spacial score (nSPS) is 15.7. The molecule has 0 aliphatic carbocycles. The molecule has 0 aromatic carbocycles. The van der Waals surface area contributed by atoms with Gasteiger partial charge in [-0.25, -0.2) is 19.9 Å². The van der Waals surface area contributed by atoms with Gasteiger partial charge >= 0.3 is 0 Å². The first kappa shape index (κ1) is 16.7. The van der Waals surface area contributed by atoms with E-state index in [1.54, 1.807) is 12.4 Å². The summed E-state index contributed by atoms with van der Waals surface area (Å²) in [6.45, 7) is 4.27. The van der Waals surface area contributed by atoms with E-state index in [9.17, 15) is 0 Å². The van der Waals surface area contributed by atoms with E-state index in [1.807, 2.05) is 12.1 Å². The fourth-order valence-corrected chi connectivity index (χ4v) is 2.75. The first-order chi connectivity index (χ1) is 11.8. The highest BCUT2D eigenvalue weighted by Gasteiger charge is 2.19. The maximum absolute atomic E-state index is 9.12. The second-order valence-corrected chi connectivity index (χ2v) is 5.69. The van der Waals surface area contributed by atoms with Gasteiger partial charge in [-0.05, 0) is 12.1 Å². The largest absolute Gasteiger partial charge is 0.396 e. The Balaban J connectivity index is 1.56. The van der Waals surface area contributed by atoms with E-state index >= 15 is 0 Å². The first-order valence-corrected chi connectivity index (χ1v) is 8.10.